The van der Waals surface area contributed by atoms with Gasteiger partial charge >= 0.3 is 0 Å². The predicted octanol–water partition coefficient (Wildman–Crippen LogP) is -0.239. The van der Waals surface area contributed by atoms with E-state index < -0.39 is 0 Å². The van der Waals surface area contributed by atoms with Crippen LogP contribution in [0.5, 0.6) is 11.5 Å². The molecular weight excluding hydrogens is 366 g/mol. The lowest BCUT2D eigenvalue weighted by Gasteiger charge is -2.30. The number of rotatable bonds is 5. The van der Waals surface area contributed by atoms with Crippen molar-refractivity contribution >= 4 is 5.78 Å². The Morgan fingerprint density at radius 3 is 2.37 bits per heavy atom. The molecule has 0 bridgehead atoms. The smallest absolute Gasteiger partial charge is 0.171 e. The molecule has 6 heteroatoms. The molecule has 0 spiro atoms. The van der Waals surface area contributed by atoms with Crippen LogP contribution in [0.3, 0.4) is 0 Å². The number of morpholine rings is 1. The van der Waals surface area contributed by atoms with E-state index in [1.807, 2.05) is 48.5 Å². The highest BCUT2D eigenvalue weighted by molar-refractivity contribution is 6.01. The molecule has 0 amide bonds. The van der Waals surface area contributed by atoms with Crippen LogP contribution in [0.2, 0.25) is 0 Å². The second-order valence-electron chi connectivity index (χ2n) is 6.60. The second-order valence-corrected chi connectivity index (χ2v) is 6.60. The molecule has 27 heavy (non-hydrogen) atoms. The Balaban J connectivity index is 0.00000210. The Bertz CT molecular complexity index is 762. The minimum Gasteiger partial charge on any atom is -1.00 e. The van der Waals surface area contributed by atoms with Crippen molar-refractivity contribution in [3.8, 4) is 11.5 Å². The molecule has 0 N–H and O–H groups in total. The van der Waals surface area contributed by atoms with Gasteiger partial charge in [0.15, 0.2) is 17.3 Å². The van der Waals surface area contributed by atoms with Crippen molar-refractivity contribution in [2.45, 2.75) is 5.92 Å². The number of fused-ring (bicyclic) bond motifs is 1. The first-order valence-electron chi connectivity index (χ1n) is 9.10. The Hall–Kier alpha value is -2.08. The first-order chi connectivity index (χ1) is 12.8. The number of hydrogen-bond acceptors (Lipinski definition) is 5. The normalized spacial score (nSPS) is 17.6. The Kier molecular flexibility index (Phi) is 6.72. The van der Waals surface area contributed by atoms with Crippen LogP contribution in [-0.4, -0.2) is 56.7 Å². The molecule has 5 nitrogen and oxygen atoms in total. The SMILES string of the molecule is O=C(c1ccc2c(c1)OCCO2)C(CN1CCOCC1)c1ccccc1.[Cl-]. The molecule has 0 saturated carbocycles. The Labute approximate surface area is 165 Å². The van der Waals surface area contributed by atoms with Gasteiger partial charge in [0.2, 0.25) is 0 Å². The van der Waals surface area contributed by atoms with Crippen molar-refractivity contribution < 1.29 is 31.4 Å². The van der Waals surface area contributed by atoms with Crippen LogP contribution in [0, 0.1) is 0 Å². The van der Waals surface area contributed by atoms with Crippen molar-refractivity contribution in [1.29, 1.82) is 0 Å². The predicted molar refractivity (Wildman–Crippen MR) is 98.2 cm³/mol. The van der Waals surface area contributed by atoms with Crippen LogP contribution in [0.1, 0.15) is 21.8 Å². The maximum absolute atomic E-state index is 13.4. The lowest BCUT2D eigenvalue weighted by atomic mass is 9.89. The molecule has 2 heterocycles. The van der Waals surface area contributed by atoms with Gasteiger partial charge in [-0.3, -0.25) is 9.69 Å². The summed E-state index contributed by atoms with van der Waals surface area (Å²) in [6, 6.07) is 15.5. The second kappa shape index (κ2) is 9.22. The zero-order valence-electron chi connectivity index (χ0n) is 15.1. The number of Topliss-reactive ketones (excluding diaryl/α,β-unsaturated/α-hetero) is 1. The van der Waals surface area contributed by atoms with Crippen LogP contribution in [0.15, 0.2) is 48.5 Å². The van der Waals surface area contributed by atoms with E-state index in [0.29, 0.717) is 36.8 Å². The van der Waals surface area contributed by atoms with E-state index >= 15 is 0 Å². The summed E-state index contributed by atoms with van der Waals surface area (Å²) in [6.45, 7) is 4.92. The van der Waals surface area contributed by atoms with Crippen LogP contribution in [0.4, 0.5) is 0 Å². The fraction of sp³-hybridized carbons (Fsp3) is 0.381. The molecule has 1 atom stereocenters. The number of carbonyl (C=O) groups is 1. The van der Waals surface area contributed by atoms with Gasteiger partial charge in [0, 0.05) is 25.2 Å². The Morgan fingerprint density at radius 1 is 0.926 bits per heavy atom. The molecule has 144 valence electrons. The average molecular weight is 389 g/mol. The number of hydrogen-bond donors (Lipinski definition) is 0. The highest BCUT2D eigenvalue weighted by Crippen LogP contribution is 2.33. The van der Waals surface area contributed by atoms with Gasteiger partial charge in [0.25, 0.3) is 0 Å². The maximum atomic E-state index is 13.4. The van der Waals surface area contributed by atoms with Crippen LogP contribution < -0.4 is 21.9 Å². The summed E-state index contributed by atoms with van der Waals surface area (Å²) in [5, 5.41) is 0. The molecule has 2 aliphatic rings. The molecule has 1 fully saturated rings. The zero-order valence-corrected chi connectivity index (χ0v) is 15.9. The van der Waals surface area contributed by atoms with E-state index in [9.17, 15) is 4.79 Å². The van der Waals surface area contributed by atoms with Crippen molar-refractivity contribution in [3.63, 3.8) is 0 Å². The van der Waals surface area contributed by atoms with E-state index in [1.54, 1.807) is 0 Å². The number of halogens is 1. The fourth-order valence-electron chi connectivity index (χ4n) is 3.46. The van der Waals surface area contributed by atoms with E-state index in [4.69, 9.17) is 14.2 Å². The van der Waals surface area contributed by atoms with Gasteiger partial charge in [-0.15, -0.1) is 0 Å². The molecule has 2 aromatic carbocycles. The summed E-state index contributed by atoms with van der Waals surface area (Å²) in [5.74, 6) is 1.26. The zero-order chi connectivity index (χ0) is 17.8. The minimum atomic E-state index is -0.211. The molecule has 0 aromatic heterocycles. The molecular formula is C21H23ClNO4-. The molecule has 0 aliphatic carbocycles. The average Bonchev–Trinajstić information content (AvgIpc) is 2.72. The first-order valence-corrected chi connectivity index (χ1v) is 9.10. The number of ether oxygens (including phenoxy) is 3. The standard InChI is InChI=1S/C21H23NO4.ClH/c23-21(17-6-7-19-20(14-17)26-13-12-25-19)18(16-4-2-1-3-5-16)15-22-8-10-24-11-9-22;/h1-7,14,18H,8-13,15H2;1H/p-1. The van der Waals surface area contributed by atoms with Gasteiger partial charge in [-0.2, -0.15) is 0 Å². The van der Waals surface area contributed by atoms with Crippen LogP contribution >= 0.6 is 0 Å². The number of benzene rings is 2. The van der Waals surface area contributed by atoms with Gasteiger partial charge < -0.3 is 26.6 Å². The minimum absolute atomic E-state index is 0. The summed E-state index contributed by atoms with van der Waals surface area (Å²) in [5.41, 5.74) is 1.70. The Morgan fingerprint density at radius 2 is 1.63 bits per heavy atom. The van der Waals surface area contributed by atoms with E-state index in [-0.39, 0.29) is 24.1 Å². The highest BCUT2D eigenvalue weighted by atomic mass is 35.5. The summed E-state index contributed by atoms with van der Waals surface area (Å²) in [6.07, 6.45) is 0. The topological polar surface area (TPSA) is 48.0 Å². The van der Waals surface area contributed by atoms with Crippen molar-refractivity contribution in [1.82, 2.24) is 4.90 Å². The van der Waals surface area contributed by atoms with Crippen molar-refractivity contribution in [2.75, 3.05) is 46.1 Å². The van der Waals surface area contributed by atoms with Crippen molar-refractivity contribution in [2.24, 2.45) is 0 Å². The van der Waals surface area contributed by atoms with Gasteiger partial charge in [0.05, 0.1) is 19.1 Å². The third kappa shape index (κ3) is 4.61. The van der Waals surface area contributed by atoms with Gasteiger partial charge in [-0.1, -0.05) is 30.3 Å². The molecule has 4 rings (SSSR count). The first kappa shape index (κ1) is 19.7. The molecule has 2 aliphatic heterocycles. The van der Waals surface area contributed by atoms with Gasteiger partial charge in [0.1, 0.15) is 13.2 Å². The van der Waals surface area contributed by atoms with Crippen LogP contribution in [0.25, 0.3) is 0 Å². The van der Waals surface area contributed by atoms with Gasteiger partial charge in [-0.25, -0.2) is 0 Å². The molecule has 1 saturated heterocycles. The van der Waals surface area contributed by atoms with Gasteiger partial charge in [-0.05, 0) is 23.8 Å². The lowest BCUT2D eigenvalue weighted by Crippen LogP contribution is -3.00. The summed E-state index contributed by atoms with van der Waals surface area (Å²) in [7, 11) is 0. The fourth-order valence-corrected chi connectivity index (χ4v) is 3.46. The van der Waals surface area contributed by atoms with E-state index in [0.717, 1.165) is 31.9 Å². The summed E-state index contributed by atoms with van der Waals surface area (Å²) >= 11 is 0. The molecule has 2 aromatic rings. The third-order valence-corrected chi connectivity index (χ3v) is 4.89. The molecule has 1 unspecified atom stereocenters. The molecule has 0 radical (unpaired) electrons. The quantitative estimate of drug-likeness (QED) is 0.662. The summed E-state index contributed by atoms with van der Waals surface area (Å²) < 4.78 is 16.6. The number of nitrogens with zero attached hydrogens (tertiary/aromatic N) is 1. The third-order valence-electron chi connectivity index (χ3n) is 4.89. The van der Waals surface area contributed by atoms with Crippen LogP contribution in [-0.2, 0) is 4.74 Å². The monoisotopic (exact) mass is 388 g/mol. The maximum Gasteiger partial charge on any atom is 0.171 e. The van der Waals surface area contributed by atoms with E-state index in [1.165, 1.54) is 0 Å². The highest BCUT2D eigenvalue weighted by Gasteiger charge is 2.26. The lowest BCUT2D eigenvalue weighted by molar-refractivity contribution is -0.0000142. The van der Waals surface area contributed by atoms with Crippen molar-refractivity contribution in [3.05, 3.63) is 59.7 Å². The number of carbonyl (C=O) groups excluding carboxylic acids is 1. The number of ketones is 1. The van der Waals surface area contributed by atoms with E-state index in [2.05, 4.69) is 4.90 Å². The summed E-state index contributed by atoms with van der Waals surface area (Å²) in [4.78, 5) is 15.7. The largest absolute Gasteiger partial charge is 1.00 e.